The van der Waals surface area contributed by atoms with Crippen LogP contribution in [-0.2, 0) is 0 Å². The van der Waals surface area contributed by atoms with Crippen molar-refractivity contribution in [2.24, 2.45) is 5.11 Å². The van der Waals surface area contributed by atoms with E-state index >= 15 is 0 Å². The zero-order valence-corrected chi connectivity index (χ0v) is 15.7. The number of halogens is 1. The highest BCUT2D eigenvalue weighted by atomic mass is 79.9. The summed E-state index contributed by atoms with van der Waals surface area (Å²) >= 11 is 3.46. The first kappa shape index (κ1) is 17.0. The minimum atomic E-state index is 0.467. The fourth-order valence-corrected chi connectivity index (χ4v) is 2.94. The molecule has 27 heavy (non-hydrogen) atoms. The number of nitrogens with one attached hydrogen (secondary N) is 3. The highest BCUT2D eigenvalue weighted by molar-refractivity contribution is 9.10. The van der Waals surface area contributed by atoms with Crippen LogP contribution in [0.25, 0.3) is 10.9 Å². The van der Waals surface area contributed by atoms with E-state index in [1.807, 2.05) is 36.5 Å². The maximum atomic E-state index is 5.82. The molecule has 8 nitrogen and oxygen atoms in total. The fourth-order valence-electron chi connectivity index (χ4n) is 2.65. The summed E-state index contributed by atoms with van der Waals surface area (Å²) in [7, 11) is 0. The molecule has 2 aromatic heterocycles. The van der Waals surface area contributed by atoms with Gasteiger partial charge in [-0.25, -0.2) is 4.98 Å². The van der Waals surface area contributed by atoms with Crippen LogP contribution >= 0.6 is 15.9 Å². The number of rotatable bonds is 5. The Kier molecular flexibility index (Phi) is 4.43. The maximum absolute atomic E-state index is 5.82. The number of nitrogens with zero attached hydrogens (tertiary/aromatic N) is 3. The van der Waals surface area contributed by atoms with Crippen molar-refractivity contribution in [3.05, 3.63) is 59.3 Å². The van der Waals surface area contributed by atoms with Crippen molar-refractivity contribution in [3.63, 3.8) is 0 Å². The van der Waals surface area contributed by atoms with E-state index in [0.717, 1.165) is 26.8 Å². The zero-order valence-electron chi connectivity index (χ0n) is 14.1. The molecule has 0 saturated carbocycles. The van der Waals surface area contributed by atoms with E-state index in [2.05, 4.69) is 46.6 Å². The van der Waals surface area contributed by atoms with Gasteiger partial charge in [0.05, 0.1) is 10.2 Å². The molecule has 0 spiro atoms. The predicted molar refractivity (Wildman–Crippen MR) is 109 cm³/mol. The second-order valence-corrected chi connectivity index (χ2v) is 6.68. The number of aromatic nitrogens is 3. The van der Waals surface area contributed by atoms with Gasteiger partial charge in [0, 0.05) is 34.7 Å². The van der Waals surface area contributed by atoms with Crippen molar-refractivity contribution in [1.82, 2.24) is 15.0 Å². The third-order valence-electron chi connectivity index (χ3n) is 3.99. The number of hydrogen-bond acceptors (Lipinski definition) is 6. The summed E-state index contributed by atoms with van der Waals surface area (Å²) in [5, 5.41) is 11.2. The lowest BCUT2D eigenvalue weighted by atomic mass is 10.2. The minimum Gasteiger partial charge on any atom is -0.397 e. The number of hydrogen-bond donors (Lipinski definition) is 5. The number of fused-ring (bicyclic) bond motifs is 1. The quantitative estimate of drug-likeness (QED) is 0.247. The Morgan fingerprint density at radius 3 is 2.74 bits per heavy atom. The van der Waals surface area contributed by atoms with Crippen LogP contribution in [-0.4, -0.2) is 15.0 Å². The molecule has 134 valence electrons. The van der Waals surface area contributed by atoms with Gasteiger partial charge in [0.15, 0.2) is 5.69 Å². The molecule has 2 aromatic carbocycles. The number of benzene rings is 2. The molecule has 4 rings (SSSR count). The second-order valence-electron chi connectivity index (χ2n) is 5.82. The van der Waals surface area contributed by atoms with Crippen LogP contribution in [0.15, 0.2) is 64.4 Å². The smallest absolute Gasteiger partial charge is 0.229 e. The van der Waals surface area contributed by atoms with E-state index < -0.39 is 0 Å². The SMILES string of the molecule is Nc1ccc(Nc2nc(Nc3ccc4[nH]ccc4c3)ncc2Br)cc1N=[NH2+]. The third kappa shape index (κ3) is 3.58. The molecule has 7 N–H and O–H groups in total. The first-order valence-electron chi connectivity index (χ1n) is 8.06. The first-order valence-corrected chi connectivity index (χ1v) is 8.86. The Bertz CT molecular complexity index is 1140. The van der Waals surface area contributed by atoms with E-state index in [9.17, 15) is 0 Å². The summed E-state index contributed by atoms with van der Waals surface area (Å²) in [5.41, 5.74) is 14.9. The summed E-state index contributed by atoms with van der Waals surface area (Å²) < 4.78 is 0.720. The summed E-state index contributed by atoms with van der Waals surface area (Å²) in [6.07, 6.45) is 3.58. The van der Waals surface area contributed by atoms with Gasteiger partial charge in [0.2, 0.25) is 5.95 Å². The van der Waals surface area contributed by atoms with Gasteiger partial charge in [-0.1, -0.05) is 0 Å². The average molecular weight is 424 g/mol. The number of H-pyrrole nitrogens is 1. The van der Waals surface area contributed by atoms with Crippen molar-refractivity contribution in [2.75, 3.05) is 16.4 Å². The van der Waals surface area contributed by atoms with E-state index in [4.69, 9.17) is 11.3 Å². The van der Waals surface area contributed by atoms with E-state index in [-0.39, 0.29) is 0 Å². The Morgan fingerprint density at radius 2 is 1.89 bits per heavy atom. The molecule has 0 unspecified atom stereocenters. The Balaban J connectivity index is 1.60. The first-order chi connectivity index (χ1) is 13.1. The van der Waals surface area contributed by atoms with Crippen LogP contribution in [0.2, 0.25) is 0 Å². The summed E-state index contributed by atoms with van der Waals surface area (Å²) in [4.78, 5) is 12.0. The minimum absolute atomic E-state index is 0.467. The summed E-state index contributed by atoms with van der Waals surface area (Å²) in [6.45, 7) is 0. The molecular weight excluding hydrogens is 408 g/mol. The molecule has 0 bridgehead atoms. The number of nitrogen functional groups attached to an aromatic ring is 1. The van der Waals surface area contributed by atoms with Crippen molar-refractivity contribution < 1.29 is 5.53 Å². The van der Waals surface area contributed by atoms with Crippen molar-refractivity contribution in [2.45, 2.75) is 0 Å². The predicted octanol–water partition coefficient (Wildman–Crippen LogP) is 3.63. The van der Waals surface area contributed by atoms with Crippen LogP contribution < -0.4 is 21.9 Å². The lowest BCUT2D eigenvalue weighted by molar-refractivity contribution is -0.210. The highest BCUT2D eigenvalue weighted by Crippen LogP contribution is 2.30. The average Bonchev–Trinajstić information content (AvgIpc) is 3.14. The molecule has 0 aliphatic rings. The monoisotopic (exact) mass is 423 g/mol. The third-order valence-corrected chi connectivity index (χ3v) is 4.57. The number of aromatic amines is 1. The lowest BCUT2D eigenvalue weighted by Crippen LogP contribution is -2.22. The Morgan fingerprint density at radius 1 is 1.07 bits per heavy atom. The topological polar surface area (TPSA) is 130 Å². The molecule has 0 saturated heterocycles. The highest BCUT2D eigenvalue weighted by Gasteiger charge is 2.09. The maximum Gasteiger partial charge on any atom is 0.229 e. The number of anilines is 5. The van der Waals surface area contributed by atoms with Gasteiger partial charge in [-0.05, 0) is 63.5 Å². The van der Waals surface area contributed by atoms with Crippen molar-refractivity contribution in [1.29, 1.82) is 0 Å². The normalized spacial score (nSPS) is 10.7. The van der Waals surface area contributed by atoms with Crippen LogP contribution in [0.1, 0.15) is 0 Å². The van der Waals surface area contributed by atoms with Crippen LogP contribution in [0, 0.1) is 0 Å². The summed E-state index contributed by atoms with van der Waals surface area (Å²) in [6, 6.07) is 13.3. The number of nitrogens with two attached hydrogens (primary N) is 2. The second kappa shape index (κ2) is 7.04. The van der Waals surface area contributed by atoms with Gasteiger partial charge >= 0.3 is 0 Å². The molecule has 2 heterocycles. The van der Waals surface area contributed by atoms with Gasteiger partial charge in [-0.15, -0.1) is 0 Å². The van der Waals surface area contributed by atoms with Gasteiger partial charge in [0.1, 0.15) is 5.82 Å². The van der Waals surface area contributed by atoms with Gasteiger partial charge in [0.25, 0.3) is 0 Å². The fraction of sp³-hybridized carbons (Fsp3) is 0. The van der Waals surface area contributed by atoms with Crippen LogP contribution in [0.3, 0.4) is 0 Å². The molecule has 0 fully saturated rings. The molecule has 4 aromatic rings. The van der Waals surface area contributed by atoms with E-state index in [1.165, 1.54) is 0 Å². The van der Waals surface area contributed by atoms with Gasteiger partial charge in [-0.2, -0.15) is 10.5 Å². The zero-order chi connectivity index (χ0) is 18.8. The van der Waals surface area contributed by atoms with E-state index in [0.29, 0.717) is 23.1 Å². The van der Waals surface area contributed by atoms with Gasteiger partial charge < -0.3 is 21.4 Å². The molecule has 0 amide bonds. The van der Waals surface area contributed by atoms with E-state index in [1.54, 1.807) is 18.3 Å². The Hall–Kier alpha value is -3.46. The molecular formula is C18H16BrN8+. The molecule has 0 radical (unpaired) electrons. The Labute approximate surface area is 162 Å². The molecule has 9 heteroatoms. The van der Waals surface area contributed by atoms with Crippen molar-refractivity contribution in [3.8, 4) is 0 Å². The lowest BCUT2D eigenvalue weighted by Gasteiger charge is -2.11. The largest absolute Gasteiger partial charge is 0.397 e. The molecule has 0 atom stereocenters. The summed E-state index contributed by atoms with van der Waals surface area (Å²) in [5.74, 6) is 1.07. The van der Waals surface area contributed by atoms with Crippen LogP contribution in [0.5, 0.6) is 0 Å². The molecule has 0 aliphatic carbocycles. The van der Waals surface area contributed by atoms with Gasteiger partial charge in [-0.3, -0.25) is 0 Å². The van der Waals surface area contributed by atoms with Crippen LogP contribution in [0.4, 0.5) is 34.5 Å². The standard InChI is InChI=1S/C18H15BrN8/c19-13-9-23-18(25-11-2-4-15-10(7-11)5-6-22-15)26-17(13)24-12-1-3-14(20)16(8-12)27-21/h1-9,21-22H,20H2,(H2,23,24,25,26)/p+1. The molecule has 0 aliphatic heterocycles. The van der Waals surface area contributed by atoms with Crippen molar-refractivity contribution >= 4 is 61.3 Å².